The Hall–Kier alpha value is -1.10. The van der Waals surface area contributed by atoms with Gasteiger partial charge in [0.15, 0.2) is 0 Å². The van der Waals surface area contributed by atoms with E-state index in [-0.39, 0.29) is 11.9 Å². The van der Waals surface area contributed by atoms with Gasteiger partial charge in [0, 0.05) is 16.6 Å². The highest BCUT2D eigenvalue weighted by atomic mass is 79.9. The van der Waals surface area contributed by atoms with E-state index in [2.05, 4.69) is 21.2 Å². The van der Waals surface area contributed by atoms with Gasteiger partial charge in [-0.15, -0.1) is 0 Å². The second-order valence-corrected chi connectivity index (χ2v) is 6.02. The number of hydrogen-bond acceptors (Lipinski definition) is 2. The first-order valence-electron chi connectivity index (χ1n) is 6.54. The number of benzene rings is 2. The summed E-state index contributed by atoms with van der Waals surface area (Å²) in [5.74, 6) is 0.483. The van der Waals surface area contributed by atoms with Crippen LogP contribution in [0.4, 0.5) is 4.39 Å². The quantitative estimate of drug-likeness (QED) is 0.788. The Morgan fingerprint density at radius 3 is 2.71 bits per heavy atom. The lowest BCUT2D eigenvalue weighted by Gasteiger charge is -2.17. The molecule has 2 aromatic rings. The Bertz CT molecular complexity index is 636. The van der Waals surface area contributed by atoms with Crippen molar-refractivity contribution in [1.82, 2.24) is 5.32 Å². The molecule has 2 nitrogen and oxygen atoms in total. The molecule has 0 amide bonds. The fourth-order valence-corrected chi connectivity index (χ4v) is 2.54. The topological polar surface area (TPSA) is 21.3 Å². The first-order valence-corrected chi connectivity index (χ1v) is 7.72. The molecule has 2 rings (SSSR count). The normalized spacial score (nSPS) is 12.2. The smallest absolute Gasteiger partial charge is 0.137 e. The Morgan fingerprint density at radius 2 is 2.05 bits per heavy atom. The SMILES string of the molecule is CNC(C)c1cc(Cl)ccc1OCc1ccc(F)c(Br)c1. The summed E-state index contributed by atoms with van der Waals surface area (Å²) in [6.45, 7) is 2.40. The van der Waals surface area contributed by atoms with Gasteiger partial charge in [0.1, 0.15) is 18.2 Å². The van der Waals surface area contributed by atoms with E-state index in [0.717, 1.165) is 16.9 Å². The van der Waals surface area contributed by atoms with E-state index in [9.17, 15) is 4.39 Å². The lowest BCUT2D eigenvalue weighted by atomic mass is 10.1. The van der Waals surface area contributed by atoms with Crippen LogP contribution in [0.3, 0.4) is 0 Å². The van der Waals surface area contributed by atoms with Gasteiger partial charge in [-0.3, -0.25) is 0 Å². The summed E-state index contributed by atoms with van der Waals surface area (Å²) in [5, 5.41) is 3.84. The molecule has 1 atom stereocenters. The third-order valence-corrected chi connectivity index (χ3v) is 4.09. The number of hydrogen-bond donors (Lipinski definition) is 1. The molecular weight excluding hydrogens is 357 g/mol. The molecule has 0 bridgehead atoms. The van der Waals surface area contributed by atoms with Crippen LogP contribution >= 0.6 is 27.5 Å². The van der Waals surface area contributed by atoms with E-state index >= 15 is 0 Å². The zero-order valence-corrected chi connectivity index (χ0v) is 14.1. The maximum atomic E-state index is 13.2. The van der Waals surface area contributed by atoms with Crippen molar-refractivity contribution < 1.29 is 9.13 Å². The molecule has 0 fully saturated rings. The van der Waals surface area contributed by atoms with Gasteiger partial charge in [0.2, 0.25) is 0 Å². The Labute approximate surface area is 137 Å². The highest BCUT2D eigenvalue weighted by Gasteiger charge is 2.11. The zero-order valence-electron chi connectivity index (χ0n) is 11.8. The molecule has 21 heavy (non-hydrogen) atoms. The first kappa shape index (κ1) is 16.3. The summed E-state index contributed by atoms with van der Waals surface area (Å²) in [7, 11) is 1.88. The van der Waals surface area contributed by atoms with Gasteiger partial charge in [-0.05, 0) is 65.8 Å². The summed E-state index contributed by atoms with van der Waals surface area (Å²) in [5.41, 5.74) is 1.88. The summed E-state index contributed by atoms with van der Waals surface area (Å²) in [6.07, 6.45) is 0. The standard InChI is InChI=1S/C16H16BrClFNO/c1-10(20-2)13-8-12(18)4-6-16(13)21-9-11-3-5-15(19)14(17)7-11/h3-8,10,20H,9H2,1-2H3. The van der Waals surface area contributed by atoms with Gasteiger partial charge in [-0.2, -0.15) is 0 Å². The second kappa shape index (κ2) is 7.25. The molecule has 0 radical (unpaired) electrons. The number of rotatable bonds is 5. The molecular formula is C16H16BrClFNO. The van der Waals surface area contributed by atoms with Crippen LogP contribution < -0.4 is 10.1 Å². The molecule has 1 N–H and O–H groups in total. The van der Waals surface area contributed by atoms with Crippen LogP contribution in [-0.2, 0) is 6.61 Å². The van der Waals surface area contributed by atoms with Crippen molar-refractivity contribution in [1.29, 1.82) is 0 Å². The van der Waals surface area contributed by atoms with Crippen LogP contribution in [0.1, 0.15) is 24.1 Å². The van der Waals surface area contributed by atoms with Crippen LogP contribution in [0.2, 0.25) is 5.02 Å². The van der Waals surface area contributed by atoms with Crippen molar-refractivity contribution in [3.8, 4) is 5.75 Å². The van der Waals surface area contributed by atoms with Crippen LogP contribution in [-0.4, -0.2) is 7.05 Å². The highest BCUT2D eigenvalue weighted by molar-refractivity contribution is 9.10. The van der Waals surface area contributed by atoms with Crippen LogP contribution in [0, 0.1) is 5.82 Å². The molecule has 0 aliphatic carbocycles. The summed E-state index contributed by atoms with van der Waals surface area (Å²) in [6, 6.07) is 10.5. The van der Waals surface area contributed by atoms with Crippen LogP contribution in [0.25, 0.3) is 0 Å². The summed E-state index contributed by atoms with van der Waals surface area (Å²) < 4.78 is 19.5. The first-order chi connectivity index (χ1) is 10.0. The molecule has 0 aliphatic rings. The van der Waals surface area contributed by atoms with Crippen LogP contribution in [0.5, 0.6) is 5.75 Å². The van der Waals surface area contributed by atoms with Gasteiger partial charge in [-0.1, -0.05) is 17.7 Å². The molecule has 2 aromatic carbocycles. The van der Waals surface area contributed by atoms with Gasteiger partial charge in [0.25, 0.3) is 0 Å². The predicted octanol–water partition coefficient (Wildman–Crippen LogP) is 5.10. The van der Waals surface area contributed by atoms with Crippen molar-refractivity contribution in [2.24, 2.45) is 0 Å². The number of nitrogens with one attached hydrogen (secondary N) is 1. The zero-order chi connectivity index (χ0) is 15.4. The van der Waals surface area contributed by atoms with Crippen molar-refractivity contribution in [2.45, 2.75) is 19.6 Å². The minimum Gasteiger partial charge on any atom is -0.489 e. The molecule has 0 heterocycles. The van der Waals surface area contributed by atoms with Gasteiger partial charge in [0.05, 0.1) is 4.47 Å². The molecule has 0 aromatic heterocycles. The summed E-state index contributed by atoms with van der Waals surface area (Å²) >= 11 is 9.21. The average Bonchev–Trinajstić information content (AvgIpc) is 2.48. The Balaban J connectivity index is 2.17. The number of ether oxygens (including phenoxy) is 1. The van der Waals surface area contributed by atoms with Gasteiger partial charge < -0.3 is 10.1 Å². The molecule has 1 unspecified atom stereocenters. The fourth-order valence-electron chi connectivity index (χ4n) is 1.94. The van der Waals surface area contributed by atoms with E-state index in [1.807, 2.05) is 26.1 Å². The highest BCUT2D eigenvalue weighted by Crippen LogP contribution is 2.29. The van der Waals surface area contributed by atoms with E-state index in [1.165, 1.54) is 6.07 Å². The van der Waals surface area contributed by atoms with Crippen molar-refractivity contribution in [3.05, 3.63) is 62.8 Å². The van der Waals surface area contributed by atoms with Crippen molar-refractivity contribution in [2.75, 3.05) is 7.05 Å². The van der Waals surface area contributed by atoms with E-state index in [4.69, 9.17) is 16.3 Å². The third kappa shape index (κ3) is 4.19. The molecule has 0 saturated carbocycles. The number of halogens is 3. The lowest BCUT2D eigenvalue weighted by molar-refractivity contribution is 0.300. The molecule has 0 saturated heterocycles. The van der Waals surface area contributed by atoms with Crippen molar-refractivity contribution >= 4 is 27.5 Å². The third-order valence-electron chi connectivity index (χ3n) is 3.25. The average molecular weight is 373 g/mol. The van der Waals surface area contributed by atoms with E-state index in [0.29, 0.717) is 16.1 Å². The minimum absolute atomic E-state index is 0.124. The van der Waals surface area contributed by atoms with E-state index < -0.39 is 0 Å². The Morgan fingerprint density at radius 1 is 1.29 bits per heavy atom. The van der Waals surface area contributed by atoms with Crippen molar-refractivity contribution in [3.63, 3.8) is 0 Å². The largest absolute Gasteiger partial charge is 0.489 e. The molecule has 0 spiro atoms. The van der Waals surface area contributed by atoms with Gasteiger partial charge in [-0.25, -0.2) is 4.39 Å². The summed E-state index contributed by atoms with van der Waals surface area (Å²) in [4.78, 5) is 0. The molecule has 5 heteroatoms. The maximum Gasteiger partial charge on any atom is 0.137 e. The lowest BCUT2D eigenvalue weighted by Crippen LogP contribution is -2.13. The Kier molecular flexibility index (Phi) is 5.62. The molecule has 112 valence electrons. The monoisotopic (exact) mass is 371 g/mol. The minimum atomic E-state index is -0.283. The molecule has 0 aliphatic heterocycles. The van der Waals surface area contributed by atoms with Gasteiger partial charge >= 0.3 is 0 Å². The maximum absolute atomic E-state index is 13.2. The predicted molar refractivity (Wildman–Crippen MR) is 87.4 cm³/mol. The second-order valence-electron chi connectivity index (χ2n) is 4.73. The fraction of sp³-hybridized carbons (Fsp3) is 0.250. The van der Waals surface area contributed by atoms with E-state index in [1.54, 1.807) is 18.2 Å². The van der Waals surface area contributed by atoms with Crippen LogP contribution in [0.15, 0.2) is 40.9 Å².